The van der Waals surface area contributed by atoms with Crippen molar-refractivity contribution >= 4 is 18.5 Å². The van der Waals surface area contributed by atoms with E-state index in [-0.39, 0.29) is 12.4 Å². The molecule has 0 fully saturated rings. The molecule has 0 amide bonds. The minimum atomic E-state index is 0. The third-order valence-electron chi connectivity index (χ3n) is 4.63. The summed E-state index contributed by atoms with van der Waals surface area (Å²) in [7, 11) is 2.12. The SMILES string of the molecule is CN(C/C=C/c1ccc(-c2ccccc2)cc1)Cc1ccc2c(c1)OCO2.Cl. The molecule has 1 aliphatic rings. The van der Waals surface area contributed by atoms with Gasteiger partial charge in [-0.25, -0.2) is 0 Å². The highest BCUT2D eigenvalue weighted by Crippen LogP contribution is 2.32. The fraction of sp³-hybridized carbons (Fsp3) is 0.167. The second-order valence-corrected chi connectivity index (χ2v) is 6.77. The smallest absolute Gasteiger partial charge is 0.231 e. The molecule has 0 aliphatic carbocycles. The van der Waals surface area contributed by atoms with Crippen LogP contribution in [0.25, 0.3) is 17.2 Å². The van der Waals surface area contributed by atoms with Gasteiger partial charge in [0, 0.05) is 13.1 Å². The van der Waals surface area contributed by atoms with Gasteiger partial charge in [-0.15, -0.1) is 12.4 Å². The molecule has 28 heavy (non-hydrogen) atoms. The number of likely N-dealkylation sites (N-methyl/N-ethyl adjacent to an activating group) is 1. The Morgan fingerprint density at radius 2 is 1.57 bits per heavy atom. The summed E-state index contributed by atoms with van der Waals surface area (Å²) in [5.74, 6) is 1.68. The Morgan fingerprint density at radius 3 is 2.36 bits per heavy atom. The molecule has 144 valence electrons. The van der Waals surface area contributed by atoms with Crippen LogP contribution in [0, 0.1) is 0 Å². The molecule has 0 unspecified atom stereocenters. The molecule has 0 radical (unpaired) electrons. The van der Waals surface area contributed by atoms with Crippen LogP contribution in [-0.2, 0) is 6.54 Å². The van der Waals surface area contributed by atoms with Gasteiger partial charge in [0.25, 0.3) is 0 Å². The molecule has 0 spiro atoms. The summed E-state index contributed by atoms with van der Waals surface area (Å²) in [5.41, 5.74) is 4.93. The number of hydrogen-bond donors (Lipinski definition) is 0. The highest BCUT2D eigenvalue weighted by molar-refractivity contribution is 5.85. The van der Waals surface area contributed by atoms with Crippen LogP contribution < -0.4 is 9.47 Å². The van der Waals surface area contributed by atoms with Crippen molar-refractivity contribution in [2.24, 2.45) is 0 Å². The van der Waals surface area contributed by atoms with Crippen LogP contribution in [0.15, 0.2) is 78.9 Å². The average Bonchev–Trinajstić information content (AvgIpc) is 3.17. The number of ether oxygens (including phenoxy) is 2. The van der Waals surface area contributed by atoms with Crippen LogP contribution in [-0.4, -0.2) is 25.3 Å². The van der Waals surface area contributed by atoms with Gasteiger partial charge >= 0.3 is 0 Å². The molecule has 3 aromatic rings. The van der Waals surface area contributed by atoms with E-state index in [1.807, 2.05) is 12.1 Å². The second kappa shape index (κ2) is 9.45. The van der Waals surface area contributed by atoms with Crippen molar-refractivity contribution in [1.29, 1.82) is 0 Å². The molecule has 1 heterocycles. The summed E-state index contributed by atoms with van der Waals surface area (Å²) in [5, 5.41) is 0. The fourth-order valence-corrected chi connectivity index (χ4v) is 3.20. The van der Waals surface area contributed by atoms with Gasteiger partial charge in [0.15, 0.2) is 11.5 Å². The molecule has 0 saturated heterocycles. The first-order chi connectivity index (χ1) is 13.3. The van der Waals surface area contributed by atoms with Crippen LogP contribution in [0.1, 0.15) is 11.1 Å². The summed E-state index contributed by atoms with van der Waals surface area (Å²) < 4.78 is 10.8. The van der Waals surface area contributed by atoms with Crippen molar-refractivity contribution in [3.8, 4) is 22.6 Å². The normalized spacial score (nSPS) is 12.4. The molecule has 0 bridgehead atoms. The third-order valence-corrected chi connectivity index (χ3v) is 4.63. The quantitative estimate of drug-likeness (QED) is 0.540. The van der Waals surface area contributed by atoms with Crippen LogP contribution in [0.5, 0.6) is 11.5 Å². The van der Waals surface area contributed by atoms with E-state index in [1.165, 1.54) is 22.3 Å². The summed E-state index contributed by atoms with van der Waals surface area (Å²) >= 11 is 0. The Hall–Kier alpha value is -2.75. The van der Waals surface area contributed by atoms with Gasteiger partial charge in [0.05, 0.1) is 0 Å². The van der Waals surface area contributed by atoms with Gasteiger partial charge < -0.3 is 9.47 Å². The predicted octanol–water partition coefficient (Wildman–Crippen LogP) is 5.65. The lowest BCUT2D eigenvalue weighted by molar-refractivity contribution is 0.174. The molecule has 0 atom stereocenters. The minimum absolute atomic E-state index is 0. The number of rotatable bonds is 6. The number of benzene rings is 3. The van der Waals surface area contributed by atoms with Gasteiger partial charge in [-0.2, -0.15) is 0 Å². The molecule has 4 rings (SSSR count). The van der Waals surface area contributed by atoms with Crippen molar-refractivity contribution in [3.05, 3.63) is 90.0 Å². The first kappa shape index (κ1) is 20.0. The highest BCUT2D eigenvalue weighted by Gasteiger charge is 2.13. The zero-order valence-corrected chi connectivity index (χ0v) is 16.7. The lowest BCUT2D eigenvalue weighted by Crippen LogP contribution is -2.17. The summed E-state index contributed by atoms with van der Waals surface area (Å²) in [6.07, 6.45) is 4.37. The van der Waals surface area contributed by atoms with Gasteiger partial charge in [0.1, 0.15) is 0 Å². The van der Waals surface area contributed by atoms with Crippen molar-refractivity contribution in [1.82, 2.24) is 4.90 Å². The standard InChI is InChI=1S/C24H23NO2.ClH/c1-25(17-20-11-14-23-24(16-20)27-18-26-23)15-5-6-19-9-12-22(13-10-19)21-7-3-2-4-8-21;/h2-14,16H,15,17-18H2,1H3;1H/b6-5+;. The molecule has 0 N–H and O–H groups in total. The van der Waals surface area contributed by atoms with Gasteiger partial charge in [0.2, 0.25) is 6.79 Å². The van der Waals surface area contributed by atoms with E-state index >= 15 is 0 Å². The second-order valence-electron chi connectivity index (χ2n) is 6.77. The lowest BCUT2D eigenvalue weighted by atomic mass is 10.0. The van der Waals surface area contributed by atoms with E-state index in [0.29, 0.717) is 6.79 Å². The molecular weight excluding hydrogens is 370 g/mol. The first-order valence-corrected chi connectivity index (χ1v) is 9.17. The van der Waals surface area contributed by atoms with Crippen molar-refractivity contribution < 1.29 is 9.47 Å². The van der Waals surface area contributed by atoms with E-state index in [1.54, 1.807) is 0 Å². The first-order valence-electron chi connectivity index (χ1n) is 9.17. The maximum absolute atomic E-state index is 5.45. The fourth-order valence-electron chi connectivity index (χ4n) is 3.20. The minimum Gasteiger partial charge on any atom is -0.454 e. The Balaban J connectivity index is 0.00000225. The molecule has 4 heteroatoms. The zero-order valence-electron chi connectivity index (χ0n) is 15.9. The number of halogens is 1. The van der Waals surface area contributed by atoms with Crippen molar-refractivity contribution in [2.75, 3.05) is 20.4 Å². The molecule has 3 aromatic carbocycles. The van der Waals surface area contributed by atoms with Crippen molar-refractivity contribution in [3.63, 3.8) is 0 Å². The van der Waals surface area contributed by atoms with E-state index in [2.05, 4.69) is 84.8 Å². The number of hydrogen-bond acceptors (Lipinski definition) is 3. The third kappa shape index (κ3) is 4.94. The maximum Gasteiger partial charge on any atom is 0.231 e. The van der Waals surface area contributed by atoms with Crippen LogP contribution >= 0.6 is 12.4 Å². The monoisotopic (exact) mass is 393 g/mol. The molecule has 0 aromatic heterocycles. The molecule has 0 saturated carbocycles. The Bertz CT molecular complexity index is 923. The van der Waals surface area contributed by atoms with E-state index < -0.39 is 0 Å². The average molecular weight is 394 g/mol. The van der Waals surface area contributed by atoms with E-state index in [4.69, 9.17) is 9.47 Å². The van der Waals surface area contributed by atoms with Gasteiger partial charge in [-0.05, 0) is 41.4 Å². The van der Waals surface area contributed by atoms with Gasteiger partial charge in [-0.1, -0.05) is 72.8 Å². The van der Waals surface area contributed by atoms with Crippen LogP contribution in [0.4, 0.5) is 0 Å². The maximum atomic E-state index is 5.45. The summed E-state index contributed by atoms with van der Waals surface area (Å²) in [6.45, 7) is 2.07. The van der Waals surface area contributed by atoms with E-state index in [0.717, 1.165) is 24.6 Å². The molecule has 1 aliphatic heterocycles. The summed E-state index contributed by atoms with van der Waals surface area (Å²) in [4.78, 5) is 2.27. The number of fused-ring (bicyclic) bond motifs is 1. The Morgan fingerprint density at radius 1 is 0.857 bits per heavy atom. The topological polar surface area (TPSA) is 21.7 Å². The molecule has 3 nitrogen and oxygen atoms in total. The van der Waals surface area contributed by atoms with Gasteiger partial charge in [-0.3, -0.25) is 4.90 Å². The van der Waals surface area contributed by atoms with Crippen molar-refractivity contribution in [2.45, 2.75) is 6.54 Å². The summed E-state index contributed by atoms with van der Waals surface area (Å²) in [6, 6.07) is 25.3. The zero-order chi connectivity index (χ0) is 18.5. The Kier molecular flexibility index (Phi) is 6.75. The molecular formula is C24H24ClNO2. The van der Waals surface area contributed by atoms with E-state index in [9.17, 15) is 0 Å². The van der Waals surface area contributed by atoms with Crippen LogP contribution in [0.3, 0.4) is 0 Å². The highest BCUT2D eigenvalue weighted by atomic mass is 35.5. The predicted molar refractivity (Wildman–Crippen MR) is 117 cm³/mol. The Labute approximate surface area is 172 Å². The van der Waals surface area contributed by atoms with Crippen LogP contribution in [0.2, 0.25) is 0 Å². The number of nitrogens with zero attached hydrogens (tertiary/aromatic N) is 1. The largest absolute Gasteiger partial charge is 0.454 e. The lowest BCUT2D eigenvalue weighted by Gasteiger charge is -2.14.